The van der Waals surface area contributed by atoms with E-state index in [-0.39, 0.29) is 12.8 Å². The Balaban J connectivity index is 1.63. The van der Waals surface area contributed by atoms with Gasteiger partial charge in [-0.3, -0.25) is 0 Å². The summed E-state index contributed by atoms with van der Waals surface area (Å²) >= 11 is 0. The van der Waals surface area contributed by atoms with E-state index in [1.807, 2.05) is 0 Å². The standard InChI is InChI=1S/C16H24O3/c1-11(15(17)19-10-18-2)6-16-7-12-3-13(8-16)5-14(4-12)9-16/h12-14H,1,3-10H2,2H3. The molecule has 0 aromatic carbocycles. The second-order valence-electron chi connectivity index (χ2n) is 7.04. The maximum atomic E-state index is 11.8. The third kappa shape index (κ3) is 2.58. The Labute approximate surface area is 115 Å². The summed E-state index contributed by atoms with van der Waals surface area (Å²) in [6, 6.07) is 0. The predicted octanol–water partition coefficient (Wildman–Crippen LogP) is 3.30. The number of esters is 1. The zero-order valence-electron chi connectivity index (χ0n) is 11.8. The molecule has 0 N–H and O–H groups in total. The predicted molar refractivity (Wildman–Crippen MR) is 72.3 cm³/mol. The van der Waals surface area contributed by atoms with Crippen LogP contribution in [0.2, 0.25) is 0 Å². The molecular formula is C16H24O3. The smallest absolute Gasteiger partial charge is 0.335 e. The van der Waals surface area contributed by atoms with E-state index in [0.717, 1.165) is 24.2 Å². The van der Waals surface area contributed by atoms with Crippen molar-refractivity contribution in [1.82, 2.24) is 0 Å². The molecule has 0 aromatic heterocycles. The van der Waals surface area contributed by atoms with Crippen LogP contribution in [-0.4, -0.2) is 19.9 Å². The molecule has 4 aliphatic carbocycles. The minimum Gasteiger partial charge on any atom is -0.435 e. The van der Waals surface area contributed by atoms with Gasteiger partial charge in [-0.2, -0.15) is 0 Å². The van der Waals surface area contributed by atoms with E-state index in [4.69, 9.17) is 9.47 Å². The fourth-order valence-electron chi connectivity index (χ4n) is 5.25. The summed E-state index contributed by atoms with van der Waals surface area (Å²) in [7, 11) is 1.52. The molecule has 4 aliphatic rings. The van der Waals surface area contributed by atoms with Crippen LogP contribution < -0.4 is 0 Å². The number of carbonyl (C=O) groups excluding carboxylic acids is 1. The molecule has 0 amide bonds. The lowest BCUT2D eigenvalue weighted by atomic mass is 9.48. The van der Waals surface area contributed by atoms with Crippen LogP contribution in [0.4, 0.5) is 0 Å². The van der Waals surface area contributed by atoms with Gasteiger partial charge in [0.05, 0.1) is 0 Å². The van der Waals surface area contributed by atoms with E-state index in [1.165, 1.54) is 45.6 Å². The van der Waals surface area contributed by atoms with Gasteiger partial charge in [0, 0.05) is 12.7 Å². The van der Waals surface area contributed by atoms with Gasteiger partial charge in [-0.1, -0.05) is 6.58 Å². The number of hydrogen-bond acceptors (Lipinski definition) is 3. The highest BCUT2D eigenvalue weighted by molar-refractivity contribution is 5.87. The van der Waals surface area contributed by atoms with Crippen molar-refractivity contribution in [2.45, 2.75) is 44.9 Å². The van der Waals surface area contributed by atoms with Crippen molar-refractivity contribution in [2.24, 2.45) is 23.2 Å². The molecule has 19 heavy (non-hydrogen) atoms. The Kier molecular flexibility index (Phi) is 3.42. The van der Waals surface area contributed by atoms with Gasteiger partial charge >= 0.3 is 5.97 Å². The summed E-state index contributed by atoms with van der Waals surface area (Å²) in [4.78, 5) is 11.8. The Bertz CT molecular complexity index is 350. The van der Waals surface area contributed by atoms with Crippen LogP contribution in [-0.2, 0) is 14.3 Å². The lowest BCUT2D eigenvalue weighted by Gasteiger charge is -2.57. The molecule has 4 bridgehead atoms. The SMILES string of the molecule is C=C(CC12CC3CC(CC(C3)C1)C2)C(=O)OCOC. The first-order chi connectivity index (χ1) is 9.10. The van der Waals surface area contributed by atoms with Crippen molar-refractivity contribution < 1.29 is 14.3 Å². The molecule has 3 nitrogen and oxygen atoms in total. The van der Waals surface area contributed by atoms with Gasteiger partial charge in [0.15, 0.2) is 6.79 Å². The first-order valence-electron chi connectivity index (χ1n) is 7.44. The Hall–Kier alpha value is -0.830. The third-order valence-electron chi connectivity index (χ3n) is 5.35. The minimum atomic E-state index is -0.280. The summed E-state index contributed by atoms with van der Waals surface area (Å²) < 4.78 is 9.78. The van der Waals surface area contributed by atoms with E-state index in [2.05, 4.69) is 6.58 Å². The van der Waals surface area contributed by atoms with Crippen molar-refractivity contribution in [3.8, 4) is 0 Å². The van der Waals surface area contributed by atoms with E-state index >= 15 is 0 Å². The Morgan fingerprint density at radius 3 is 2.16 bits per heavy atom. The number of rotatable bonds is 5. The Morgan fingerprint density at radius 1 is 1.16 bits per heavy atom. The summed E-state index contributed by atoms with van der Waals surface area (Å²) in [5.74, 6) is 2.45. The van der Waals surface area contributed by atoms with E-state index in [9.17, 15) is 4.79 Å². The average Bonchev–Trinajstić information content (AvgIpc) is 2.33. The molecule has 0 aromatic rings. The van der Waals surface area contributed by atoms with Crippen molar-refractivity contribution in [2.75, 3.05) is 13.9 Å². The van der Waals surface area contributed by atoms with Crippen LogP contribution in [0.5, 0.6) is 0 Å². The molecule has 0 heterocycles. The summed E-state index contributed by atoms with van der Waals surface area (Å²) in [5, 5.41) is 0. The second kappa shape index (κ2) is 4.93. The molecule has 4 fully saturated rings. The fraction of sp³-hybridized carbons (Fsp3) is 0.812. The van der Waals surface area contributed by atoms with Crippen LogP contribution in [0, 0.1) is 23.2 Å². The van der Waals surface area contributed by atoms with Gasteiger partial charge in [-0.25, -0.2) is 4.79 Å². The van der Waals surface area contributed by atoms with Crippen LogP contribution in [0.15, 0.2) is 12.2 Å². The molecule has 106 valence electrons. The maximum absolute atomic E-state index is 11.8. The molecule has 0 saturated heterocycles. The van der Waals surface area contributed by atoms with E-state index in [1.54, 1.807) is 0 Å². The highest BCUT2D eigenvalue weighted by Crippen LogP contribution is 2.61. The number of ether oxygens (including phenoxy) is 2. The largest absolute Gasteiger partial charge is 0.435 e. The van der Waals surface area contributed by atoms with Gasteiger partial charge in [0.1, 0.15) is 0 Å². The van der Waals surface area contributed by atoms with Crippen LogP contribution in [0.25, 0.3) is 0 Å². The lowest BCUT2D eigenvalue weighted by molar-refractivity contribution is -0.150. The van der Waals surface area contributed by atoms with Gasteiger partial charge in [-0.15, -0.1) is 0 Å². The van der Waals surface area contributed by atoms with Gasteiger partial charge < -0.3 is 9.47 Å². The molecule has 0 unspecified atom stereocenters. The monoisotopic (exact) mass is 264 g/mol. The third-order valence-corrected chi connectivity index (χ3v) is 5.35. The van der Waals surface area contributed by atoms with Crippen molar-refractivity contribution in [1.29, 1.82) is 0 Å². The van der Waals surface area contributed by atoms with Gasteiger partial charge in [-0.05, 0) is 68.1 Å². The van der Waals surface area contributed by atoms with Gasteiger partial charge in [0.25, 0.3) is 0 Å². The molecule has 0 spiro atoms. The number of hydrogen-bond donors (Lipinski definition) is 0. The van der Waals surface area contributed by atoms with Crippen LogP contribution in [0.1, 0.15) is 44.9 Å². The molecular weight excluding hydrogens is 240 g/mol. The van der Waals surface area contributed by atoms with Gasteiger partial charge in [0.2, 0.25) is 0 Å². The number of carbonyl (C=O) groups is 1. The Morgan fingerprint density at radius 2 is 1.68 bits per heavy atom. The number of methoxy groups -OCH3 is 1. The average molecular weight is 264 g/mol. The molecule has 4 rings (SSSR count). The van der Waals surface area contributed by atoms with Crippen LogP contribution >= 0.6 is 0 Å². The first kappa shape index (κ1) is 13.2. The van der Waals surface area contributed by atoms with Crippen molar-refractivity contribution in [3.63, 3.8) is 0 Å². The van der Waals surface area contributed by atoms with E-state index < -0.39 is 0 Å². The highest BCUT2D eigenvalue weighted by Gasteiger charge is 2.51. The normalized spacial score (nSPS) is 39.3. The molecule has 3 heteroatoms. The van der Waals surface area contributed by atoms with E-state index in [0.29, 0.717) is 11.0 Å². The summed E-state index contributed by atoms with van der Waals surface area (Å²) in [5.41, 5.74) is 0.997. The molecule has 0 atom stereocenters. The summed E-state index contributed by atoms with van der Waals surface area (Å²) in [6.45, 7) is 3.98. The quantitative estimate of drug-likeness (QED) is 0.434. The molecule has 0 aliphatic heterocycles. The highest BCUT2D eigenvalue weighted by atomic mass is 16.7. The minimum absolute atomic E-state index is 0.0265. The summed E-state index contributed by atoms with van der Waals surface area (Å²) in [6.07, 6.45) is 9.03. The second-order valence-corrected chi connectivity index (χ2v) is 7.04. The molecule has 0 radical (unpaired) electrons. The lowest BCUT2D eigenvalue weighted by Crippen LogP contribution is -2.46. The maximum Gasteiger partial charge on any atom is 0.335 e. The molecule has 4 saturated carbocycles. The fourth-order valence-corrected chi connectivity index (χ4v) is 5.25. The van der Waals surface area contributed by atoms with Crippen molar-refractivity contribution in [3.05, 3.63) is 12.2 Å². The van der Waals surface area contributed by atoms with Crippen LogP contribution in [0.3, 0.4) is 0 Å². The van der Waals surface area contributed by atoms with Crippen molar-refractivity contribution >= 4 is 5.97 Å². The zero-order valence-corrected chi connectivity index (χ0v) is 11.8. The topological polar surface area (TPSA) is 35.5 Å². The zero-order chi connectivity index (χ0) is 13.5. The first-order valence-corrected chi connectivity index (χ1v) is 7.44.